The summed E-state index contributed by atoms with van der Waals surface area (Å²) in [5.74, 6) is 0.627. The molecule has 17 heavy (non-hydrogen) atoms. The first kappa shape index (κ1) is 14.2. The van der Waals surface area contributed by atoms with Crippen LogP contribution in [0.25, 0.3) is 0 Å². The van der Waals surface area contributed by atoms with Gasteiger partial charge in [0.15, 0.2) is 0 Å². The van der Waals surface area contributed by atoms with Crippen LogP contribution >= 0.6 is 0 Å². The number of nitrogens with zero attached hydrogens (tertiary/aromatic N) is 1. The zero-order chi connectivity index (χ0) is 12.7. The standard InChI is InChI=1S/C15H26N2/c1-13(2)15-7-5-14(6-8-15)9-11-17(4)12-10-16-3/h5-8,13,16H,9-12H2,1-4H3. The van der Waals surface area contributed by atoms with Gasteiger partial charge in [-0.3, -0.25) is 0 Å². The van der Waals surface area contributed by atoms with E-state index in [0.717, 1.165) is 26.1 Å². The predicted molar refractivity (Wildman–Crippen MR) is 75.7 cm³/mol. The molecule has 1 rings (SSSR count). The van der Waals surface area contributed by atoms with Gasteiger partial charge in [0.1, 0.15) is 0 Å². The van der Waals surface area contributed by atoms with Gasteiger partial charge < -0.3 is 10.2 Å². The lowest BCUT2D eigenvalue weighted by Gasteiger charge is -2.16. The second-order valence-electron chi connectivity index (χ2n) is 5.05. The maximum Gasteiger partial charge on any atom is 0.0104 e. The highest BCUT2D eigenvalue weighted by molar-refractivity contribution is 5.24. The molecule has 0 radical (unpaired) electrons. The van der Waals surface area contributed by atoms with Crippen LogP contribution in [0.4, 0.5) is 0 Å². The van der Waals surface area contributed by atoms with Gasteiger partial charge in [0.25, 0.3) is 0 Å². The second kappa shape index (κ2) is 7.46. The summed E-state index contributed by atoms with van der Waals surface area (Å²) < 4.78 is 0. The van der Waals surface area contributed by atoms with E-state index in [9.17, 15) is 0 Å². The molecule has 0 heterocycles. The summed E-state index contributed by atoms with van der Waals surface area (Å²) in [6.07, 6.45) is 1.14. The Morgan fingerprint density at radius 3 is 2.29 bits per heavy atom. The van der Waals surface area contributed by atoms with Crippen LogP contribution in [0.2, 0.25) is 0 Å². The van der Waals surface area contributed by atoms with Crippen molar-refractivity contribution < 1.29 is 0 Å². The molecule has 0 saturated heterocycles. The molecule has 0 aliphatic carbocycles. The average Bonchev–Trinajstić information content (AvgIpc) is 2.34. The molecule has 0 aliphatic rings. The molecule has 1 aromatic rings. The average molecular weight is 234 g/mol. The highest BCUT2D eigenvalue weighted by Crippen LogP contribution is 2.14. The van der Waals surface area contributed by atoms with Crippen molar-refractivity contribution in [2.24, 2.45) is 0 Å². The van der Waals surface area contributed by atoms with Crippen LogP contribution in [0.3, 0.4) is 0 Å². The van der Waals surface area contributed by atoms with Crippen LogP contribution in [0.5, 0.6) is 0 Å². The second-order valence-corrected chi connectivity index (χ2v) is 5.05. The molecule has 1 N–H and O–H groups in total. The van der Waals surface area contributed by atoms with Crippen LogP contribution in [-0.4, -0.2) is 38.6 Å². The van der Waals surface area contributed by atoms with Crippen molar-refractivity contribution in [1.82, 2.24) is 10.2 Å². The highest BCUT2D eigenvalue weighted by Gasteiger charge is 2.01. The summed E-state index contributed by atoms with van der Waals surface area (Å²) in [6.45, 7) is 7.77. The zero-order valence-electron chi connectivity index (χ0n) is 11.7. The molecule has 0 aliphatic heterocycles. The molecule has 0 unspecified atom stereocenters. The Labute approximate surface area is 106 Å². The first-order valence-electron chi connectivity index (χ1n) is 6.55. The molecule has 0 saturated carbocycles. The lowest BCUT2D eigenvalue weighted by Crippen LogP contribution is -2.29. The van der Waals surface area contributed by atoms with Crippen molar-refractivity contribution >= 4 is 0 Å². The maximum absolute atomic E-state index is 3.18. The van der Waals surface area contributed by atoms with E-state index in [2.05, 4.69) is 55.4 Å². The van der Waals surface area contributed by atoms with E-state index in [0.29, 0.717) is 5.92 Å². The monoisotopic (exact) mass is 234 g/mol. The maximum atomic E-state index is 3.18. The van der Waals surface area contributed by atoms with Crippen molar-refractivity contribution in [2.75, 3.05) is 33.7 Å². The number of benzene rings is 1. The van der Waals surface area contributed by atoms with Gasteiger partial charge in [-0.05, 0) is 37.6 Å². The van der Waals surface area contributed by atoms with Gasteiger partial charge in [0.05, 0.1) is 0 Å². The summed E-state index contributed by atoms with van der Waals surface area (Å²) in [7, 11) is 4.18. The van der Waals surface area contributed by atoms with Gasteiger partial charge >= 0.3 is 0 Å². The minimum Gasteiger partial charge on any atom is -0.318 e. The molecule has 2 nitrogen and oxygen atoms in total. The Kier molecular flexibility index (Phi) is 6.23. The van der Waals surface area contributed by atoms with Gasteiger partial charge in [-0.25, -0.2) is 0 Å². The number of hydrogen-bond acceptors (Lipinski definition) is 2. The molecule has 0 spiro atoms. The molecular weight excluding hydrogens is 208 g/mol. The van der Waals surface area contributed by atoms with E-state index in [1.165, 1.54) is 11.1 Å². The van der Waals surface area contributed by atoms with E-state index in [4.69, 9.17) is 0 Å². The van der Waals surface area contributed by atoms with Crippen molar-refractivity contribution in [3.63, 3.8) is 0 Å². The molecule has 0 atom stereocenters. The van der Waals surface area contributed by atoms with E-state index in [1.807, 2.05) is 7.05 Å². The van der Waals surface area contributed by atoms with Crippen molar-refractivity contribution in [2.45, 2.75) is 26.2 Å². The van der Waals surface area contributed by atoms with Gasteiger partial charge in [0.2, 0.25) is 0 Å². The third kappa shape index (κ3) is 5.33. The molecule has 96 valence electrons. The van der Waals surface area contributed by atoms with Crippen molar-refractivity contribution in [3.05, 3.63) is 35.4 Å². The van der Waals surface area contributed by atoms with Crippen LogP contribution < -0.4 is 5.32 Å². The summed E-state index contributed by atoms with van der Waals surface area (Å²) in [6, 6.07) is 9.05. The predicted octanol–water partition coefficient (Wildman–Crippen LogP) is 2.50. The Bertz CT molecular complexity index is 303. The Morgan fingerprint density at radius 2 is 1.76 bits per heavy atom. The molecule has 0 fully saturated rings. The molecule has 0 amide bonds. The summed E-state index contributed by atoms with van der Waals surface area (Å²) in [5.41, 5.74) is 2.86. The summed E-state index contributed by atoms with van der Waals surface area (Å²) in [4.78, 5) is 2.37. The molecular formula is C15H26N2. The molecule has 1 aromatic carbocycles. The summed E-state index contributed by atoms with van der Waals surface area (Å²) >= 11 is 0. The Balaban J connectivity index is 2.36. The fourth-order valence-electron chi connectivity index (χ4n) is 1.80. The van der Waals surface area contributed by atoms with Gasteiger partial charge in [-0.1, -0.05) is 38.1 Å². The normalized spacial score (nSPS) is 11.4. The Morgan fingerprint density at radius 1 is 1.12 bits per heavy atom. The van der Waals surface area contributed by atoms with Crippen molar-refractivity contribution in [1.29, 1.82) is 0 Å². The molecule has 0 bridgehead atoms. The lowest BCUT2D eigenvalue weighted by molar-refractivity contribution is 0.339. The number of nitrogens with one attached hydrogen (secondary N) is 1. The SMILES string of the molecule is CNCCN(C)CCc1ccc(C(C)C)cc1. The zero-order valence-corrected chi connectivity index (χ0v) is 11.7. The lowest BCUT2D eigenvalue weighted by atomic mass is 10.0. The smallest absolute Gasteiger partial charge is 0.0104 e. The van der Waals surface area contributed by atoms with E-state index in [1.54, 1.807) is 0 Å². The van der Waals surface area contributed by atoms with E-state index < -0.39 is 0 Å². The first-order chi connectivity index (χ1) is 8.13. The van der Waals surface area contributed by atoms with Gasteiger partial charge in [-0.2, -0.15) is 0 Å². The van der Waals surface area contributed by atoms with Crippen LogP contribution in [0.15, 0.2) is 24.3 Å². The highest BCUT2D eigenvalue weighted by atomic mass is 15.1. The van der Waals surface area contributed by atoms with Crippen LogP contribution in [0, 0.1) is 0 Å². The quantitative estimate of drug-likeness (QED) is 0.780. The topological polar surface area (TPSA) is 15.3 Å². The fourth-order valence-corrected chi connectivity index (χ4v) is 1.80. The number of rotatable bonds is 7. The number of likely N-dealkylation sites (N-methyl/N-ethyl adjacent to an activating group) is 2. The largest absolute Gasteiger partial charge is 0.318 e. The van der Waals surface area contributed by atoms with E-state index >= 15 is 0 Å². The summed E-state index contributed by atoms with van der Waals surface area (Å²) in [5, 5.41) is 3.18. The first-order valence-corrected chi connectivity index (χ1v) is 6.55. The third-order valence-electron chi connectivity index (χ3n) is 3.17. The van der Waals surface area contributed by atoms with Gasteiger partial charge in [-0.15, -0.1) is 0 Å². The van der Waals surface area contributed by atoms with Gasteiger partial charge in [0, 0.05) is 19.6 Å². The van der Waals surface area contributed by atoms with E-state index in [-0.39, 0.29) is 0 Å². The number of hydrogen-bond donors (Lipinski definition) is 1. The molecule has 2 heteroatoms. The minimum atomic E-state index is 0.627. The molecule has 0 aromatic heterocycles. The van der Waals surface area contributed by atoms with Crippen molar-refractivity contribution in [3.8, 4) is 0 Å². The fraction of sp³-hybridized carbons (Fsp3) is 0.600. The van der Waals surface area contributed by atoms with Crippen LogP contribution in [-0.2, 0) is 6.42 Å². The van der Waals surface area contributed by atoms with Crippen LogP contribution in [0.1, 0.15) is 30.9 Å². The Hall–Kier alpha value is -0.860. The third-order valence-corrected chi connectivity index (χ3v) is 3.17. The minimum absolute atomic E-state index is 0.627.